The van der Waals surface area contributed by atoms with Gasteiger partial charge in [-0.2, -0.15) is 4.98 Å². The van der Waals surface area contributed by atoms with Crippen LogP contribution in [0.25, 0.3) is 0 Å². The lowest BCUT2D eigenvalue weighted by Crippen LogP contribution is -2.30. The lowest BCUT2D eigenvalue weighted by molar-refractivity contribution is 0.353. The monoisotopic (exact) mass is 327 g/mol. The Morgan fingerprint density at radius 2 is 2.21 bits per heavy atom. The zero-order chi connectivity index (χ0) is 14.2. The van der Waals surface area contributed by atoms with E-state index in [2.05, 4.69) is 31.1 Å². The standard InChI is InChI=1S/C11H14BrN5O2/c1-6-8(12)9(18)17(5-14-6)4-7-15-10(16-19-7)11(2,3)13/h5H,4,13H2,1-3H3. The molecule has 0 aliphatic rings. The fraction of sp³-hybridized carbons (Fsp3) is 0.455. The van der Waals surface area contributed by atoms with Crippen molar-refractivity contribution >= 4 is 15.9 Å². The van der Waals surface area contributed by atoms with Gasteiger partial charge in [-0.1, -0.05) is 5.16 Å². The van der Waals surface area contributed by atoms with Gasteiger partial charge in [-0.05, 0) is 36.7 Å². The molecule has 0 bridgehead atoms. The van der Waals surface area contributed by atoms with Crippen LogP contribution < -0.4 is 11.3 Å². The molecule has 0 fully saturated rings. The Morgan fingerprint density at radius 3 is 2.79 bits per heavy atom. The highest BCUT2D eigenvalue weighted by Crippen LogP contribution is 2.13. The van der Waals surface area contributed by atoms with E-state index in [-0.39, 0.29) is 12.1 Å². The van der Waals surface area contributed by atoms with Crippen molar-refractivity contribution in [1.82, 2.24) is 19.7 Å². The van der Waals surface area contributed by atoms with Crippen molar-refractivity contribution in [3.63, 3.8) is 0 Å². The zero-order valence-corrected chi connectivity index (χ0v) is 12.4. The Morgan fingerprint density at radius 1 is 1.53 bits per heavy atom. The van der Waals surface area contributed by atoms with E-state index in [4.69, 9.17) is 10.3 Å². The topological polar surface area (TPSA) is 99.8 Å². The van der Waals surface area contributed by atoms with Crippen molar-refractivity contribution < 1.29 is 4.52 Å². The third-order valence-electron chi connectivity index (χ3n) is 2.51. The summed E-state index contributed by atoms with van der Waals surface area (Å²) >= 11 is 3.20. The zero-order valence-electron chi connectivity index (χ0n) is 10.8. The van der Waals surface area contributed by atoms with Crippen LogP contribution in [0.5, 0.6) is 0 Å². The van der Waals surface area contributed by atoms with Crippen LogP contribution in [0.2, 0.25) is 0 Å². The van der Waals surface area contributed by atoms with Crippen molar-refractivity contribution in [3.8, 4) is 0 Å². The van der Waals surface area contributed by atoms with Gasteiger partial charge >= 0.3 is 0 Å². The molecule has 0 atom stereocenters. The molecule has 0 radical (unpaired) electrons. The molecule has 19 heavy (non-hydrogen) atoms. The minimum absolute atomic E-state index is 0.161. The van der Waals surface area contributed by atoms with E-state index in [0.29, 0.717) is 21.9 Å². The summed E-state index contributed by atoms with van der Waals surface area (Å²) < 4.78 is 6.89. The number of aromatic nitrogens is 4. The largest absolute Gasteiger partial charge is 0.337 e. The van der Waals surface area contributed by atoms with Gasteiger partial charge in [0.2, 0.25) is 5.89 Å². The molecule has 2 heterocycles. The SMILES string of the molecule is Cc1ncn(Cc2nc(C(C)(C)N)no2)c(=O)c1Br. The van der Waals surface area contributed by atoms with Crippen LogP contribution in [-0.2, 0) is 12.1 Å². The quantitative estimate of drug-likeness (QED) is 0.900. The highest BCUT2D eigenvalue weighted by molar-refractivity contribution is 9.10. The molecular weight excluding hydrogens is 314 g/mol. The van der Waals surface area contributed by atoms with Crippen LogP contribution in [0.4, 0.5) is 0 Å². The van der Waals surface area contributed by atoms with Gasteiger partial charge in [0.05, 0.1) is 17.6 Å². The van der Waals surface area contributed by atoms with Crippen molar-refractivity contribution in [2.24, 2.45) is 5.73 Å². The second-order valence-electron chi connectivity index (χ2n) is 4.81. The maximum Gasteiger partial charge on any atom is 0.268 e. The van der Waals surface area contributed by atoms with Crippen molar-refractivity contribution in [2.45, 2.75) is 32.9 Å². The fourth-order valence-corrected chi connectivity index (χ4v) is 1.72. The Kier molecular flexibility index (Phi) is 3.55. The van der Waals surface area contributed by atoms with E-state index in [9.17, 15) is 4.79 Å². The summed E-state index contributed by atoms with van der Waals surface area (Å²) in [4.78, 5) is 20.2. The van der Waals surface area contributed by atoms with Gasteiger partial charge in [0.1, 0.15) is 11.0 Å². The van der Waals surface area contributed by atoms with Gasteiger partial charge in [0.15, 0.2) is 5.82 Å². The average molecular weight is 328 g/mol. The number of rotatable bonds is 3. The minimum Gasteiger partial charge on any atom is -0.337 e. The molecule has 2 rings (SSSR count). The van der Waals surface area contributed by atoms with Crippen LogP contribution in [0.3, 0.4) is 0 Å². The van der Waals surface area contributed by atoms with E-state index >= 15 is 0 Å². The number of halogens is 1. The Balaban J connectivity index is 2.30. The predicted octanol–water partition coefficient (Wildman–Crippen LogP) is 0.939. The van der Waals surface area contributed by atoms with E-state index in [1.807, 2.05) is 0 Å². The molecule has 2 aromatic rings. The summed E-state index contributed by atoms with van der Waals surface area (Å²) in [6.45, 7) is 5.46. The predicted molar refractivity (Wildman–Crippen MR) is 71.5 cm³/mol. The molecular formula is C11H14BrN5O2. The van der Waals surface area contributed by atoms with Crippen LogP contribution in [-0.4, -0.2) is 19.7 Å². The van der Waals surface area contributed by atoms with Gasteiger partial charge in [-0.25, -0.2) is 4.98 Å². The molecule has 0 unspecified atom stereocenters. The summed E-state index contributed by atoms with van der Waals surface area (Å²) in [5.41, 5.74) is 5.62. The summed E-state index contributed by atoms with van der Waals surface area (Å²) in [5, 5.41) is 3.79. The first kappa shape index (κ1) is 13.9. The molecule has 0 amide bonds. The van der Waals surface area contributed by atoms with Crippen LogP contribution in [0, 0.1) is 6.92 Å². The minimum atomic E-state index is -0.682. The third-order valence-corrected chi connectivity index (χ3v) is 3.42. The first-order valence-corrected chi connectivity index (χ1v) is 6.42. The van der Waals surface area contributed by atoms with Crippen LogP contribution in [0.15, 0.2) is 20.1 Å². The molecule has 0 aliphatic heterocycles. The van der Waals surface area contributed by atoms with Gasteiger partial charge in [0.25, 0.3) is 5.56 Å². The number of hydrogen-bond donors (Lipinski definition) is 1. The summed E-state index contributed by atoms with van der Waals surface area (Å²) in [5.74, 6) is 0.711. The Bertz CT molecular complexity index is 656. The molecule has 0 spiro atoms. The van der Waals surface area contributed by atoms with E-state index < -0.39 is 5.54 Å². The Labute approximate surface area is 118 Å². The lowest BCUT2D eigenvalue weighted by atomic mass is 10.1. The molecule has 102 valence electrons. The summed E-state index contributed by atoms with van der Waals surface area (Å²) in [6.07, 6.45) is 1.44. The molecule has 0 aliphatic carbocycles. The second kappa shape index (κ2) is 4.86. The summed E-state index contributed by atoms with van der Waals surface area (Å²) in [6, 6.07) is 0. The summed E-state index contributed by atoms with van der Waals surface area (Å²) in [7, 11) is 0. The first-order valence-electron chi connectivity index (χ1n) is 5.62. The third kappa shape index (κ3) is 2.90. The molecule has 8 heteroatoms. The molecule has 0 saturated carbocycles. The van der Waals surface area contributed by atoms with Crippen molar-refractivity contribution in [3.05, 3.63) is 38.6 Å². The first-order chi connectivity index (χ1) is 8.79. The van der Waals surface area contributed by atoms with E-state index in [1.165, 1.54) is 10.9 Å². The smallest absolute Gasteiger partial charge is 0.268 e. The highest BCUT2D eigenvalue weighted by atomic mass is 79.9. The Hall–Kier alpha value is -1.54. The van der Waals surface area contributed by atoms with Gasteiger partial charge in [0, 0.05) is 0 Å². The van der Waals surface area contributed by atoms with Crippen LogP contribution >= 0.6 is 15.9 Å². The maximum atomic E-state index is 12.0. The number of nitrogens with two attached hydrogens (primary N) is 1. The van der Waals surface area contributed by atoms with Crippen molar-refractivity contribution in [2.75, 3.05) is 0 Å². The normalized spacial score (nSPS) is 11.8. The van der Waals surface area contributed by atoms with Gasteiger partial charge in [-0.15, -0.1) is 0 Å². The highest BCUT2D eigenvalue weighted by Gasteiger charge is 2.21. The van der Waals surface area contributed by atoms with Crippen molar-refractivity contribution in [1.29, 1.82) is 0 Å². The number of nitrogens with zero attached hydrogens (tertiary/aromatic N) is 4. The van der Waals surface area contributed by atoms with Gasteiger partial charge < -0.3 is 10.3 Å². The van der Waals surface area contributed by atoms with E-state index in [1.54, 1.807) is 20.8 Å². The second-order valence-corrected chi connectivity index (χ2v) is 5.60. The average Bonchev–Trinajstić information content (AvgIpc) is 2.78. The fourth-order valence-electron chi connectivity index (χ4n) is 1.39. The molecule has 7 nitrogen and oxygen atoms in total. The molecule has 2 N–H and O–H groups in total. The molecule has 0 saturated heterocycles. The molecule has 0 aromatic carbocycles. The maximum absolute atomic E-state index is 12.0. The number of aryl methyl sites for hydroxylation is 1. The van der Waals surface area contributed by atoms with E-state index in [0.717, 1.165) is 0 Å². The lowest BCUT2D eigenvalue weighted by Gasteiger charge is -2.11. The molecule has 2 aromatic heterocycles. The number of hydrogen-bond acceptors (Lipinski definition) is 6. The van der Waals surface area contributed by atoms with Gasteiger partial charge in [-0.3, -0.25) is 9.36 Å². The van der Waals surface area contributed by atoms with Crippen LogP contribution in [0.1, 0.15) is 31.3 Å².